The van der Waals surface area contributed by atoms with Crippen LogP contribution >= 0.6 is 11.3 Å². The van der Waals surface area contributed by atoms with Crippen molar-refractivity contribution in [2.24, 2.45) is 11.7 Å². The number of thiazole rings is 1. The summed E-state index contributed by atoms with van der Waals surface area (Å²) in [5.74, 6) is 0.0820. The van der Waals surface area contributed by atoms with Crippen LogP contribution in [0.5, 0.6) is 0 Å². The molecule has 96 valence electrons. The lowest BCUT2D eigenvalue weighted by Gasteiger charge is -2.09. The molecule has 0 aliphatic heterocycles. The molecule has 0 amide bonds. The zero-order valence-electron chi connectivity index (χ0n) is 10.4. The quantitative estimate of drug-likeness (QED) is 0.760. The number of esters is 1. The molecule has 1 heterocycles. The van der Waals surface area contributed by atoms with E-state index in [1.165, 1.54) is 11.3 Å². The Morgan fingerprint density at radius 2 is 2.41 bits per heavy atom. The van der Waals surface area contributed by atoms with Gasteiger partial charge in [-0.2, -0.15) is 0 Å². The van der Waals surface area contributed by atoms with E-state index < -0.39 is 0 Å². The molecule has 2 N–H and O–H groups in total. The van der Waals surface area contributed by atoms with E-state index in [9.17, 15) is 4.79 Å². The van der Waals surface area contributed by atoms with E-state index in [0.29, 0.717) is 31.2 Å². The van der Waals surface area contributed by atoms with Gasteiger partial charge >= 0.3 is 5.97 Å². The number of hydrogen-bond donors (Lipinski definition) is 1. The van der Waals surface area contributed by atoms with Gasteiger partial charge in [0.05, 0.1) is 11.6 Å². The van der Waals surface area contributed by atoms with Crippen molar-refractivity contribution in [2.45, 2.75) is 33.1 Å². The zero-order chi connectivity index (χ0) is 12.7. The number of nitrogens with zero attached hydrogens (tertiary/aromatic N) is 1. The highest BCUT2D eigenvalue weighted by molar-refractivity contribution is 7.09. The maximum absolute atomic E-state index is 11.7. The average molecular weight is 256 g/mol. The van der Waals surface area contributed by atoms with Crippen LogP contribution in [0.2, 0.25) is 0 Å². The van der Waals surface area contributed by atoms with Crippen LogP contribution in [-0.2, 0) is 11.2 Å². The van der Waals surface area contributed by atoms with Crippen LogP contribution in [0.4, 0.5) is 0 Å². The fourth-order valence-electron chi connectivity index (χ4n) is 1.51. The second-order valence-electron chi connectivity index (χ2n) is 4.16. The Bertz CT molecular complexity index is 352. The molecule has 0 fully saturated rings. The van der Waals surface area contributed by atoms with Gasteiger partial charge in [-0.1, -0.05) is 20.3 Å². The number of rotatable bonds is 7. The van der Waals surface area contributed by atoms with Gasteiger partial charge in [-0.15, -0.1) is 11.3 Å². The molecule has 1 aromatic rings. The van der Waals surface area contributed by atoms with Gasteiger partial charge in [0, 0.05) is 11.8 Å². The summed E-state index contributed by atoms with van der Waals surface area (Å²) in [5.41, 5.74) is 5.83. The van der Waals surface area contributed by atoms with Gasteiger partial charge < -0.3 is 10.5 Å². The fourth-order valence-corrected chi connectivity index (χ4v) is 2.29. The Morgan fingerprint density at radius 3 is 3.06 bits per heavy atom. The number of nitrogens with two attached hydrogens (primary N) is 1. The molecular formula is C12H20N2O2S. The zero-order valence-corrected chi connectivity index (χ0v) is 11.3. The molecule has 4 nitrogen and oxygen atoms in total. The van der Waals surface area contributed by atoms with Gasteiger partial charge in [-0.05, 0) is 18.9 Å². The minimum atomic E-state index is -0.326. The minimum absolute atomic E-state index is 0.326. The van der Waals surface area contributed by atoms with Gasteiger partial charge in [0.15, 0.2) is 5.69 Å². The first-order chi connectivity index (χ1) is 8.17. The Morgan fingerprint density at radius 1 is 1.65 bits per heavy atom. The summed E-state index contributed by atoms with van der Waals surface area (Å²) in [4.78, 5) is 15.8. The van der Waals surface area contributed by atoms with E-state index in [-0.39, 0.29) is 5.97 Å². The predicted molar refractivity (Wildman–Crippen MR) is 69.2 cm³/mol. The number of ether oxygens (including phenoxy) is 1. The summed E-state index contributed by atoms with van der Waals surface area (Å²) in [6.45, 7) is 5.22. The molecule has 0 aromatic carbocycles. The highest BCUT2D eigenvalue weighted by atomic mass is 32.1. The summed E-state index contributed by atoms with van der Waals surface area (Å²) in [5, 5.41) is 2.62. The van der Waals surface area contributed by atoms with E-state index in [1.807, 2.05) is 0 Å². The van der Waals surface area contributed by atoms with Gasteiger partial charge in [0.2, 0.25) is 0 Å². The molecule has 0 aliphatic carbocycles. The van der Waals surface area contributed by atoms with Crippen molar-refractivity contribution < 1.29 is 9.53 Å². The van der Waals surface area contributed by atoms with Gasteiger partial charge in [-0.25, -0.2) is 9.78 Å². The van der Waals surface area contributed by atoms with E-state index in [4.69, 9.17) is 10.5 Å². The largest absolute Gasteiger partial charge is 0.461 e. The normalized spacial score (nSPS) is 12.4. The summed E-state index contributed by atoms with van der Waals surface area (Å²) in [6, 6.07) is 0. The molecule has 5 heteroatoms. The molecule has 0 saturated heterocycles. The molecule has 1 aromatic heterocycles. The predicted octanol–water partition coefficient (Wildman–Crippen LogP) is 2.24. The van der Waals surface area contributed by atoms with Crippen molar-refractivity contribution in [1.29, 1.82) is 0 Å². The van der Waals surface area contributed by atoms with E-state index in [0.717, 1.165) is 17.8 Å². The SMILES string of the molecule is CCCC(C)COC(=O)c1csc(CCN)n1. The Labute approximate surface area is 106 Å². The molecule has 17 heavy (non-hydrogen) atoms. The summed E-state index contributed by atoms with van der Waals surface area (Å²) in [7, 11) is 0. The molecule has 0 aliphatic rings. The summed E-state index contributed by atoms with van der Waals surface area (Å²) in [6.07, 6.45) is 2.89. The topological polar surface area (TPSA) is 65.2 Å². The van der Waals surface area contributed by atoms with Crippen molar-refractivity contribution in [3.05, 3.63) is 16.1 Å². The maximum atomic E-state index is 11.7. The minimum Gasteiger partial charge on any atom is -0.461 e. The lowest BCUT2D eigenvalue weighted by Crippen LogP contribution is -2.12. The van der Waals surface area contributed by atoms with Gasteiger partial charge in [0.25, 0.3) is 0 Å². The monoisotopic (exact) mass is 256 g/mol. The fraction of sp³-hybridized carbons (Fsp3) is 0.667. The smallest absolute Gasteiger partial charge is 0.357 e. The highest BCUT2D eigenvalue weighted by Gasteiger charge is 2.13. The van der Waals surface area contributed by atoms with Crippen molar-refractivity contribution >= 4 is 17.3 Å². The lowest BCUT2D eigenvalue weighted by molar-refractivity contribution is 0.0437. The third-order valence-corrected chi connectivity index (χ3v) is 3.31. The molecule has 1 rings (SSSR count). The summed E-state index contributed by atoms with van der Waals surface area (Å²) >= 11 is 1.46. The Kier molecular flexibility index (Phi) is 6.15. The average Bonchev–Trinajstić information content (AvgIpc) is 2.75. The lowest BCUT2D eigenvalue weighted by atomic mass is 10.1. The molecule has 0 radical (unpaired) electrons. The molecule has 0 bridgehead atoms. The first kappa shape index (κ1) is 14.1. The van der Waals surface area contributed by atoms with Crippen molar-refractivity contribution in [3.8, 4) is 0 Å². The third kappa shape index (κ3) is 4.83. The second kappa shape index (κ2) is 7.40. The van der Waals surface area contributed by atoms with Crippen molar-refractivity contribution in [2.75, 3.05) is 13.2 Å². The van der Waals surface area contributed by atoms with Crippen LogP contribution in [-0.4, -0.2) is 24.1 Å². The third-order valence-electron chi connectivity index (χ3n) is 2.40. The van der Waals surface area contributed by atoms with Crippen LogP contribution in [0, 0.1) is 5.92 Å². The van der Waals surface area contributed by atoms with Crippen LogP contribution in [0.1, 0.15) is 42.2 Å². The first-order valence-electron chi connectivity index (χ1n) is 5.99. The number of aromatic nitrogens is 1. The summed E-state index contributed by atoms with van der Waals surface area (Å²) < 4.78 is 5.21. The first-order valence-corrected chi connectivity index (χ1v) is 6.87. The number of carbonyl (C=O) groups is 1. The molecule has 1 atom stereocenters. The Hall–Kier alpha value is -0.940. The molecule has 0 saturated carbocycles. The standard InChI is InChI=1S/C12H20N2O2S/c1-3-4-9(2)7-16-12(15)10-8-17-11(14-10)5-6-13/h8-9H,3-7,13H2,1-2H3. The van der Waals surface area contributed by atoms with Gasteiger partial charge in [-0.3, -0.25) is 0 Å². The molecule has 0 spiro atoms. The van der Waals surface area contributed by atoms with Gasteiger partial charge in [0.1, 0.15) is 0 Å². The van der Waals surface area contributed by atoms with Crippen LogP contribution < -0.4 is 5.73 Å². The van der Waals surface area contributed by atoms with Crippen LogP contribution in [0.3, 0.4) is 0 Å². The van der Waals surface area contributed by atoms with Crippen LogP contribution in [0.15, 0.2) is 5.38 Å². The van der Waals surface area contributed by atoms with E-state index in [1.54, 1.807) is 5.38 Å². The number of carbonyl (C=O) groups excluding carboxylic acids is 1. The van der Waals surface area contributed by atoms with E-state index >= 15 is 0 Å². The van der Waals surface area contributed by atoms with E-state index in [2.05, 4.69) is 18.8 Å². The van der Waals surface area contributed by atoms with Crippen molar-refractivity contribution in [1.82, 2.24) is 4.98 Å². The maximum Gasteiger partial charge on any atom is 0.357 e. The van der Waals surface area contributed by atoms with Crippen molar-refractivity contribution in [3.63, 3.8) is 0 Å². The second-order valence-corrected chi connectivity index (χ2v) is 5.10. The highest BCUT2D eigenvalue weighted by Crippen LogP contribution is 2.12. The Balaban J connectivity index is 2.40. The molecular weight excluding hydrogens is 236 g/mol. The van der Waals surface area contributed by atoms with Crippen LogP contribution in [0.25, 0.3) is 0 Å². The number of hydrogen-bond acceptors (Lipinski definition) is 5. The molecule has 1 unspecified atom stereocenters.